The summed E-state index contributed by atoms with van der Waals surface area (Å²) in [6, 6.07) is 6.66. The van der Waals surface area contributed by atoms with Crippen molar-refractivity contribution >= 4 is 17.1 Å². The number of likely N-dealkylation sites (tertiary alicyclic amines) is 1. The first-order chi connectivity index (χ1) is 8.66. The molecule has 0 aliphatic carbocycles. The molecule has 1 saturated heterocycles. The Balaban J connectivity index is 1.96. The van der Waals surface area contributed by atoms with Crippen molar-refractivity contribution in [3.8, 4) is 0 Å². The first-order valence-corrected chi connectivity index (χ1v) is 6.91. The number of hydrogen-bond acceptors (Lipinski definition) is 2. The topological polar surface area (TPSA) is 20.5 Å². The molecule has 0 amide bonds. The fourth-order valence-corrected chi connectivity index (χ4v) is 3.02. The molecule has 0 radical (unpaired) electrons. The molecular weight excluding hydrogens is 246 g/mol. The third kappa shape index (κ3) is 1.91. The normalized spacial score (nSPS) is 21.2. The Labute approximate surface area is 112 Å². The van der Waals surface area contributed by atoms with E-state index in [1.807, 2.05) is 18.2 Å². The maximum Gasteiger partial charge on any atom is 0.155 e. The van der Waals surface area contributed by atoms with E-state index in [2.05, 4.69) is 34.3 Å². The Morgan fingerprint density at radius 2 is 2.22 bits per heavy atom. The van der Waals surface area contributed by atoms with E-state index in [0.29, 0.717) is 17.1 Å². The van der Waals surface area contributed by atoms with Gasteiger partial charge in [0.2, 0.25) is 0 Å². The second-order valence-corrected chi connectivity index (χ2v) is 5.65. The average Bonchev–Trinajstić information content (AvgIpc) is 2.95. The standard InChI is InChI=1S/C14H18ClN3/c1-10(2)17-8-6-11(9-17)14-16-13(15)12-5-3-4-7-18(12)14/h3-5,7,10-11H,6,8-9H2,1-2H3. The quantitative estimate of drug-likeness (QED) is 0.830. The highest BCUT2D eigenvalue weighted by molar-refractivity contribution is 6.32. The van der Waals surface area contributed by atoms with E-state index in [0.717, 1.165) is 24.4 Å². The van der Waals surface area contributed by atoms with Gasteiger partial charge in [-0.25, -0.2) is 4.98 Å². The van der Waals surface area contributed by atoms with Gasteiger partial charge in [-0.15, -0.1) is 0 Å². The van der Waals surface area contributed by atoms with E-state index in [4.69, 9.17) is 11.6 Å². The number of halogens is 1. The second-order valence-electron chi connectivity index (χ2n) is 5.29. The lowest BCUT2D eigenvalue weighted by Crippen LogP contribution is -2.28. The molecule has 96 valence electrons. The molecule has 2 aromatic heterocycles. The highest BCUT2D eigenvalue weighted by Crippen LogP contribution is 2.30. The predicted octanol–water partition coefficient (Wildman–Crippen LogP) is 3.19. The molecule has 3 nitrogen and oxygen atoms in total. The molecular formula is C14H18ClN3. The van der Waals surface area contributed by atoms with E-state index in [1.165, 1.54) is 6.42 Å². The molecule has 1 atom stereocenters. The van der Waals surface area contributed by atoms with Crippen LogP contribution in [0, 0.1) is 0 Å². The van der Waals surface area contributed by atoms with Crippen LogP contribution in [0.4, 0.5) is 0 Å². The Morgan fingerprint density at radius 1 is 1.39 bits per heavy atom. The van der Waals surface area contributed by atoms with Crippen molar-refractivity contribution in [1.82, 2.24) is 14.3 Å². The van der Waals surface area contributed by atoms with Gasteiger partial charge in [-0.1, -0.05) is 17.7 Å². The highest BCUT2D eigenvalue weighted by atomic mass is 35.5. The molecule has 3 heterocycles. The minimum absolute atomic E-state index is 0.495. The van der Waals surface area contributed by atoms with E-state index >= 15 is 0 Å². The van der Waals surface area contributed by atoms with Gasteiger partial charge in [-0.2, -0.15) is 0 Å². The Kier molecular flexibility index (Phi) is 3.04. The summed E-state index contributed by atoms with van der Waals surface area (Å²) in [5.41, 5.74) is 1.01. The van der Waals surface area contributed by atoms with E-state index in [9.17, 15) is 0 Å². The molecule has 0 saturated carbocycles. The Hall–Kier alpha value is -1.06. The van der Waals surface area contributed by atoms with Crippen molar-refractivity contribution in [3.05, 3.63) is 35.4 Å². The summed E-state index contributed by atoms with van der Waals surface area (Å²) in [6.07, 6.45) is 3.23. The number of nitrogens with zero attached hydrogens (tertiary/aromatic N) is 3. The molecule has 1 unspecified atom stereocenters. The van der Waals surface area contributed by atoms with Gasteiger partial charge in [0.15, 0.2) is 5.15 Å². The van der Waals surface area contributed by atoms with Crippen molar-refractivity contribution in [2.45, 2.75) is 32.2 Å². The summed E-state index contributed by atoms with van der Waals surface area (Å²) in [7, 11) is 0. The van der Waals surface area contributed by atoms with Crippen LogP contribution in [0.5, 0.6) is 0 Å². The second kappa shape index (κ2) is 4.56. The smallest absolute Gasteiger partial charge is 0.155 e. The molecule has 0 aromatic carbocycles. The van der Waals surface area contributed by atoms with Gasteiger partial charge >= 0.3 is 0 Å². The molecule has 18 heavy (non-hydrogen) atoms. The van der Waals surface area contributed by atoms with Gasteiger partial charge in [0, 0.05) is 24.7 Å². The van der Waals surface area contributed by atoms with Crippen LogP contribution < -0.4 is 0 Å². The fraction of sp³-hybridized carbons (Fsp3) is 0.500. The lowest BCUT2D eigenvalue weighted by Gasteiger charge is -2.19. The van der Waals surface area contributed by atoms with E-state index in [-0.39, 0.29) is 0 Å². The van der Waals surface area contributed by atoms with Crippen molar-refractivity contribution in [2.24, 2.45) is 0 Å². The molecule has 3 rings (SSSR count). The monoisotopic (exact) mass is 263 g/mol. The number of aromatic nitrogens is 2. The molecule has 1 fully saturated rings. The van der Waals surface area contributed by atoms with Gasteiger partial charge in [0.25, 0.3) is 0 Å². The zero-order valence-corrected chi connectivity index (χ0v) is 11.6. The molecule has 4 heteroatoms. The van der Waals surface area contributed by atoms with Crippen LogP contribution >= 0.6 is 11.6 Å². The van der Waals surface area contributed by atoms with Crippen molar-refractivity contribution in [2.75, 3.05) is 13.1 Å². The minimum Gasteiger partial charge on any atom is -0.302 e. The van der Waals surface area contributed by atoms with Gasteiger partial charge in [0.1, 0.15) is 5.82 Å². The Bertz CT molecular complexity index is 561. The number of hydrogen-bond donors (Lipinski definition) is 0. The number of fused-ring (bicyclic) bond motifs is 1. The zero-order valence-electron chi connectivity index (χ0n) is 10.8. The number of imidazole rings is 1. The minimum atomic E-state index is 0.495. The maximum atomic E-state index is 6.21. The number of pyridine rings is 1. The predicted molar refractivity (Wildman–Crippen MR) is 74.3 cm³/mol. The largest absolute Gasteiger partial charge is 0.302 e. The zero-order chi connectivity index (χ0) is 12.7. The SMILES string of the molecule is CC(C)N1CCC(c2nc(Cl)c3ccccn23)C1. The lowest BCUT2D eigenvalue weighted by atomic mass is 10.1. The average molecular weight is 264 g/mol. The van der Waals surface area contributed by atoms with Gasteiger partial charge in [-0.05, 0) is 38.9 Å². The van der Waals surface area contributed by atoms with Crippen LogP contribution in [-0.2, 0) is 0 Å². The number of rotatable bonds is 2. The lowest BCUT2D eigenvalue weighted by molar-refractivity contribution is 0.272. The maximum absolute atomic E-state index is 6.21. The molecule has 2 aromatic rings. The van der Waals surface area contributed by atoms with Gasteiger partial charge in [0.05, 0.1) is 5.52 Å². The van der Waals surface area contributed by atoms with Crippen molar-refractivity contribution in [3.63, 3.8) is 0 Å². The van der Waals surface area contributed by atoms with Crippen molar-refractivity contribution < 1.29 is 0 Å². The highest BCUT2D eigenvalue weighted by Gasteiger charge is 2.28. The molecule has 0 N–H and O–H groups in total. The summed E-state index contributed by atoms with van der Waals surface area (Å²) < 4.78 is 2.14. The van der Waals surface area contributed by atoms with Crippen LogP contribution in [0.3, 0.4) is 0 Å². The molecule has 0 bridgehead atoms. The van der Waals surface area contributed by atoms with E-state index < -0.39 is 0 Å². The van der Waals surface area contributed by atoms with Crippen LogP contribution in [0.25, 0.3) is 5.52 Å². The molecule has 0 spiro atoms. The Morgan fingerprint density at radius 3 is 2.94 bits per heavy atom. The third-order valence-corrected chi connectivity index (χ3v) is 4.12. The van der Waals surface area contributed by atoms with Crippen LogP contribution in [0.2, 0.25) is 5.15 Å². The van der Waals surface area contributed by atoms with Crippen LogP contribution in [-0.4, -0.2) is 33.4 Å². The summed E-state index contributed by atoms with van der Waals surface area (Å²) in [6.45, 7) is 6.74. The van der Waals surface area contributed by atoms with Crippen LogP contribution in [0.15, 0.2) is 24.4 Å². The van der Waals surface area contributed by atoms with Gasteiger partial charge in [-0.3, -0.25) is 0 Å². The fourth-order valence-electron chi connectivity index (χ4n) is 2.78. The molecule has 1 aliphatic rings. The first-order valence-electron chi connectivity index (χ1n) is 6.53. The van der Waals surface area contributed by atoms with Gasteiger partial charge < -0.3 is 9.30 Å². The third-order valence-electron chi connectivity index (χ3n) is 3.85. The summed E-state index contributed by atoms with van der Waals surface area (Å²) in [4.78, 5) is 7.07. The van der Waals surface area contributed by atoms with E-state index in [1.54, 1.807) is 0 Å². The van der Waals surface area contributed by atoms with Crippen molar-refractivity contribution in [1.29, 1.82) is 0 Å². The first kappa shape index (κ1) is 12.0. The van der Waals surface area contributed by atoms with Crippen LogP contribution in [0.1, 0.15) is 32.0 Å². The molecule has 1 aliphatic heterocycles. The summed E-state index contributed by atoms with van der Waals surface area (Å²) in [5.74, 6) is 1.61. The summed E-state index contributed by atoms with van der Waals surface area (Å²) in [5, 5.41) is 0.619. The summed E-state index contributed by atoms with van der Waals surface area (Å²) >= 11 is 6.21.